The summed E-state index contributed by atoms with van der Waals surface area (Å²) >= 11 is 1.51. The fourth-order valence-corrected chi connectivity index (χ4v) is 3.35. The minimum atomic E-state index is -0.0421. The second kappa shape index (κ2) is 5.25. The van der Waals surface area contributed by atoms with Crippen molar-refractivity contribution in [2.75, 3.05) is 11.1 Å². The van der Waals surface area contributed by atoms with Gasteiger partial charge in [0, 0.05) is 16.5 Å². The maximum atomic E-state index is 12.1. The van der Waals surface area contributed by atoms with Crippen molar-refractivity contribution >= 4 is 29.3 Å². The van der Waals surface area contributed by atoms with Gasteiger partial charge in [0.05, 0.1) is 11.4 Å². The Bertz CT molecular complexity index is 524. The molecular weight excluding hydrogens is 260 g/mol. The Morgan fingerprint density at radius 3 is 2.89 bits per heavy atom. The van der Waals surface area contributed by atoms with Gasteiger partial charge in [-0.25, -0.2) is 0 Å². The van der Waals surface area contributed by atoms with Crippen LogP contribution in [0.1, 0.15) is 36.0 Å². The summed E-state index contributed by atoms with van der Waals surface area (Å²) in [4.78, 5) is 24.5. The third kappa shape index (κ3) is 2.76. The molecule has 1 aliphatic carbocycles. The predicted octanol–water partition coefficient (Wildman–Crippen LogP) is 2.40. The minimum Gasteiger partial charge on any atom is -0.349 e. The molecule has 0 radical (unpaired) electrons. The average Bonchev–Trinajstić information content (AvgIpc) is 2.90. The highest BCUT2D eigenvalue weighted by Gasteiger charge is 2.20. The molecule has 1 saturated carbocycles. The largest absolute Gasteiger partial charge is 0.349 e. The van der Waals surface area contributed by atoms with Gasteiger partial charge in [-0.05, 0) is 31.0 Å². The lowest BCUT2D eigenvalue weighted by atomic mass is 10.1. The first kappa shape index (κ1) is 12.5. The molecule has 2 N–H and O–H groups in total. The van der Waals surface area contributed by atoms with E-state index in [-0.39, 0.29) is 11.8 Å². The monoisotopic (exact) mass is 276 g/mol. The van der Waals surface area contributed by atoms with Crippen LogP contribution in [0.3, 0.4) is 0 Å². The number of carbonyl (C=O) groups excluding carboxylic acids is 2. The Morgan fingerprint density at radius 2 is 2.11 bits per heavy atom. The minimum absolute atomic E-state index is 0.00847. The molecule has 4 nitrogen and oxygen atoms in total. The molecule has 2 amide bonds. The SMILES string of the molecule is O=C1CSc2ccc(C(=O)NC3CCCC3)cc2N1. The average molecular weight is 276 g/mol. The van der Waals surface area contributed by atoms with Gasteiger partial charge in [0.15, 0.2) is 0 Å². The molecule has 1 heterocycles. The normalized spacial score (nSPS) is 18.8. The summed E-state index contributed by atoms with van der Waals surface area (Å²) in [6, 6.07) is 5.81. The van der Waals surface area contributed by atoms with Gasteiger partial charge in [0.1, 0.15) is 0 Å². The second-order valence-corrected chi connectivity index (χ2v) is 6.02. The quantitative estimate of drug-likeness (QED) is 0.872. The molecule has 1 aliphatic heterocycles. The summed E-state index contributed by atoms with van der Waals surface area (Å²) < 4.78 is 0. The molecule has 3 rings (SSSR count). The van der Waals surface area contributed by atoms with Gasteiger partial charge in [0.2, 0.25) is 5.91 Å². The van der Waals surface area contributed by atoms with Crippen LogP contribution in [0.25, 0.3) is 0 Å². The number of anilines is 1. The highest BCUT2D eigenvalue weighted by atomic mass is 32.2. The fraction of sp³-hybridized carbons (Fsp3) is 0.429. The first-order chi connectivity index (χ1) is 9.22. The standard InChI is InChI=1S/C14H16N2O2S/c17-13-8-19-12-6-5-9(7-11(12)16-13)14(18)15-10-3-1-2-4-10/h5-7,10H,1-4,8H2,(H,15,18)(H,16,17). The van der Waals surface area contributed by atoms with Crippen LogP contribution in [0.15, 0.2) is 23.1 Å². The molecule has 0 spiro atoms. The van der Waals surface area contributed by atoms with Crippen LogP contribution in [-0.2, 0) is 4.79 Å². The van der Waals surface area contributed by atoms with Crippen LogP contribution in [-0.4, -0.2) is 23.6 Å². The first-order valence-corrected chi connectivity index (χ1v) is 7.58. The molecule has 0 bridgehead atoms. The van der Waals surface area contributed by atoms with E-state index in [4.69, 9.17) is 0 Å². The number of rotatable bonds is 2. The van der Waals surface area contributed by atoms with Crippen molar-refractivity contribution in [2.24, 2.45) is 0 Å². The third-order valence-corrected chi connectivity index (χ3v) is 4.64. The van der Waals surface area contributed by atoms with Crippen LogP contribution >= 0.6 is 11.8 Å². The lowest BCUT2D eigenvalue weighted by Crippen LogP contribution is -2.32. The zero-order valence-electron chi connectivity index (χ0n) is 10.6. The van der Waals surface area contributed by atoms with E-state index in [9.17, 15) is 9.59 Å². The van der Waals surface area contributed by atoms with Gasteiger partial charge in [-0.15, -0.1) is 11.8 Å². The predicted molar refractivity (Wildman–Crippen MR) is 75.5 cm³/mol. The van der Waals surface area contributed by atoms with Crippen molar-refractivity contribution in [3.05, 3.63) is 23.8 Å². The molecule has 1 aromatic rings. The van der Waals surface area contributed by atoms with Crippen LogP contribution in [0, 0.1) is 0 Å². The Hall–Kier alpha value is -1.49. The van der Waals surface area contributed by atoms with E-state index >= 15 is 0 Å². The molecule has 0 unspecified atom stereocenters. The van der Waals surface area contributed by atoms with Gasteiger partial charge in [0.25, 0.3) is 5.91 Å². The van der Waals surface area contributed by atoms with Crippen molar-refractivity contribution in [2.45, 2.75) is 36.6 Å². The lowest BCUT2D eigenvalue weighted by molar-refractivity contribution is -0.113. The number of hydrogen-bond donors (Lipinski definition) is 2. The summed E-state index contributed by atoms with van der Waals surface area (Å²) in [5, 5.41) is 5.86. The number of hydrogen-bond acceptors (Lipinski definition) is 3. The van der Waals surface area contributed by atoms with Crippen LogP contribution < -0.4 is 10.6 Å². The van der Waals surface area contributed by atoms with E-state index < -0.39 is 0 Å². The third-order valence-electron chi connectivity index (χ3n) is 3.56. The van der Waals surface area contributed by atoms with Gasteiger partial charge in [-0.2, -0.15) is 0 Å². The number of carbonyl (C=O) groups is 2. The summed E-state index contributed by atoms with van der Waals surface area (Å²) in [6.45, 7) is 0. The topological polar surface area (TPSA) is 58.2 Å². The highest BCUT2D eigenvalue weighted by molar-refractivity contribution is 8.00. The van der Waals surface area contributed by atoms with Gasteiger partial charge in [-0.1, -0.05) is 12.8 Å². The highest BCUT2D eigenvalue weighted by Crippen LogP contribution is 2.32. The number of benzene rings is 1. The maximum Gasteiger partial charge on any atom is 0.251 e. The van der Waals surface area contributed by atoms with Crippen molar-refractivity contribution in [1.29, 1.82) is 0 Å². The molecule has 2 aliphatic rings. The zero-order chi connectivity index (χ0) is 13.2. The Kier molecular flexibility index (Phi) is 3.46. The molecule has 19 heavy (non-hydrogen) atoms. The molecule has 1 fully saturated rings. The van der Waals surface area contributed by atoms with E-state index in [0.717, 1.165) is 23.4 Å². The number of thioether (sulfide) groups is 1. The lowest BCUT2D eigenvalue weighted by Gasteiger charge is -2.17. The van der Waals surface area contributed by atoms with Crippen molar-refractivity contribution < 1.29 is 9.59 Å². The van der Waals surface area contributed by atoms with E-state index in [0.29, 0.717) is 17.4 Å². The molecule has 100 valence electrons. The number of nitrogens with one attached hydrogen (secondary N) is 2. The summed E-state index contributed by atoms with van der Waals surface area (Å²) in [5.41, 5.74) is 1.37. The summed E-state index contributed by atoms with van der Waals surface area (Å²) in [5.74, 6) is 0.394. The molecule has 0 atom stereocenters. The van der Waals surface area contributed by atoms with Crippen LogP contribution in [0.2, 0.25) is 0 Å². The van der Waals surface area contributed by atoms with Gasteiger partial charge in [-0.3, -0.25) is 9.59 Å². The molecule has 1 aromatic carbocycles. The van der Waals surface area contributed by atoms with Crippen molar-refractivity contribution in [3.8, 4) is 0 Å². The summed E-state index contributed by atoms with van der Waals surface area (Å²) in [7, 11) is 0. The zero-order valence-corrected chi connectivity index (χ0v) is 11.4. The first-order valence-electron chi connectivity index (χ1n) is 6.60. The van der Waals surface area contributed by atoms with Crippen molar-refractivity contribution in [3.63, 3.8) is 0 Å². The van der Waals surface area contributed by atoms with Crippen molar-refractivity contribution in [1.82, 2.24) is 5.32 Å². The number of fused-ring (bicyclic) bond motifs is 1. The van der Waals surface area contributed by atoms with Crippen LogP contribution in [0.5, 0.6) is 0 Å². The maximum absolute atomic E-state index is 12.1. The Morgan fingerprint density at radius 1 is 1.32 bits per heavy atom. The molecule has 0 aromatic heterocycles. The summed E-state index contributed by atoms with van der Waals surface area (Å²) in [6.07, 6.45) is 4.54. The second-order valence-electron chi connectivity index (χ2n) is 5.00. The molecule has 5 heteroatoms. The molecule has 0 saturated heterocycles. The van der Waals surface area contributed by atoms with E-state index in [1.165, 1.54) is 24.6 Å². The van der Waals surface area contributed by atoms with Gasteiger partial charge < -0.3 is 10.6 Å². The van der Waals surface area contributed by atoms with E-state index in [2.05, 4.69) is 10.6 Å². The Labute approximate surface area is 116 Å². The van der Waals surface area contributed by atoms with E-state index in [1.54, 1.807) is 6.07 Å². The fourth-order valence-electron chi connectivity index (χ4n) is 2.56. The molecular formula is C14H16N2O2S. The smallest absolute Gasteiger partial charge is 0.251 e. The van der Waals surface area contributed by atoms with E-state index in [1.807, 2.05) is 12.1 Å². The van der Waals surface area contributed by atoms with Gasteiger partial charge >= 0.3 is 0 Å². The number of amides is 2. The van der Waals surface area contributed by atoms with Crippen LogP contribution in [0.4, 0.5) is 5.69 Å². The Balaban J connectivity index is 1.75.